The number of likely N-dealkylation sites (tertiary alicyclic amines) is 1. The minimum absolute atomic E-state index is 0.0340. The molecule has 4 nitrogen and oxygen atoms in total. The lowest BCUT2D eigenvalue weighted by molar-refractivity contribution is -0.116. The Morgan fingerprint density at radius 2 is 2.00 bits per heavy atom. The second kappa shape index (κ2) is 5.49. The lowest BCUT2D eigenvalue weighted by Crippen LogP contribution is -2.58. The highest BCUT2D eigenvalue weighted by atomic mass is 16.2. The van der Waals surface area contributed by atoms with Gasteiger partial charge < -0.3 is 10.2 Å². The Balaban J connectivity index is 1.99. The second-order valence-electron chi connectivity index (χ2n) is 5.64. The smallest absolute Gasteiger partial charge is 0.254 e. The summed E-state index contributed by atoms with van der Waals surface area (Å²) in [6.45, 7) is 8.81. The van der Waals surface area contributed by atoms with Crippen LogP contribution in [0, 0.1) is 0 Å². The number of rotatable bonds is 4. The van der Waals surface area contributed by atoms with Crippen LogP contribution >= 0.6 is 0 Å². The van der Waals surface area contributed by atoms with E-state index in [2.05, 4.69) is 25.7 Å². The molecule has 2 amide bonds. The second-order valence-corrected chi connectivity index (χ2v) is 5.64. The highest BCUT2D eigenvalue weighted by Crippen LogP contribution is 2.30. The topological polar surface area (TPSA) is 49.4 Å². The summed E-state index contributed by atoms with van der Waals surface area (Å²) < 4.78 is 0. The van der Waals surface area contributed by atoms with E-state index in [4.69, 9.17) is 0 Å². The first-order chi connectivity index (χ1) is 9.44. The molecule has 0 atom stereocenters. The molecule has 0 aliphatic carbocycles. The number of benzene rings is 1. The predicted octanol–water partition coefficient (Wildman–Crippen LogP) is 2.11. The van der Waals surface area contributed by atoms with Gasteiger partial charge in [-0.05, 0) is 44.0 Å². The van der Waals surface area contributed by atoms with Crippen molar-refractivity contribution in [3.8, 4) is 0 Å². The van der Waals surface area contributed by atoms with Crippen LogP contribution in [0.5, 0.6) is 0 Å². The standard InChI is InChI=1S/C16H20N2O2/c1-4-14(19)17-11-12-5-7-13(8-6-12)15(20)18-10-9-16(18,2)3/h4-8H,1,9-11H2,2-3H3,(H,17,19). The fraction of sp³-hybridized carbons (Fsp3) is 0.375. The maximum absolute atomic E-state index is 12.3. The molecule has 0 bridgehead atoms. The Morgan fingerprint density at radius 3 is 2.45 bits per heavy atom. The summed E-state index contributed by atoms with van der Waals surface area (Å²) in [6.07, 6.45) is 2.29. The van der Waals surface area contributed by atoms with Gasteiger partial charge in [-0.15, -0.1) is 0 Å². The summed E-state index contributed by atoms with van der Waals surface area (Å²) in [5, 5.41) is 2.70. The van der Waals surface area contributed by atoms with Crippen LogP contribution < -0.4 is 5.32 Å². The van der Waals surface area contributed by atoms with E-state index >= 15 is 0 Å². The molecule has 1 N–H and O–H groups in total. The fourth-order valence-corrected chi connectivity index (χ4v) is 2.23. The minimum atomic E-state index is -0.201. The number of hydrogen-bond acceptors (Lipinski definition) is 2. The molecule has 1 fully saturated rings. The van der Waals surface area contributed by atoms with Crippen molar-refractivity contribution in [2.75, 3.05) is 6.54 Å². The van der Waals surface area contributed by atoms with Gasteiger partial charge in [-0.2, -0.15) is 0 Å². The van der Waals surface area contributed by atoms with Crippen LogP contribution in [-0.2, 0) is 11.3 Å². The van der Waals surface area contributed by atoms with Gasteiger partial charge in [0.15, 0.2) is 0 Å². The van der Waals surface area contributed by atoms with Gasteiger partial charge in [0.2, 0.25) is 5.91 Å². The predicted molar refractivity (Wildman–Crippen MR) is 78.2 cm³/mol. The molecule has 1 aromatic rings. The van der Waals surface area contributed by atoms with E-state index in [1.165, 1.54) is 6.08 Å². The molecule has 1 heterocycles. The van der Waals surface area contributed by atoms with Crippen molar-refractivity contribution in [1.82, 2.24) is 10.2 Å². The van der Waals surface area contributed by atoms with E-state index in [9.17, 15) is 9.59 Å². The third kappa shape index (κ3) is 2.90. The van der Waals surface area contributed by atoms with Gasteiger partial charge in [0.25, 0.3) is 5.91 Å². The molecular formula is C16H20N2O2. The summed E-state index contributed by atoms with van der Waals surface area (Å²) >= 11 is 0. The molecule has 0 spiro atoms. The van der Waals surface area contributed by atoms with Gasteiger partial charge in [-0.1, -0.05) is 18.7 Å². The Bertz CT molecular complexity index is 532. The van der Waals surface area contributed by atoms with Crippen molar-refractivity contribution in [2.45, 2.75) is 32.4 Å². The summed E-state index contributed by atoms with van der Waals surface area (Å²) in [4.78, 5) is 25.3. The fourth-order valence-electron chi connectivity index (χ4n) is 2.23. The van der Waals surface area contributed by atoms with Crippen LogP contribution in [0.15, 0.2) is 36.9 Å². The van der Waals surface area contributed by atoms with E-state index in [1.807, 2.05) is 29.2 Å². The van der Waals surface area contributed by atoms with Crippen LogP contribution in [0.4, 0.5) is 0 Å². The molecule has 106 valence electrons. The maximum Gasteiger partial charge on any atom is 0.254 e. The van der Waals surface area contributed by atoms with Crippen LogP contribution in [0.2, 0.25) is 0 Å². The lowest BCUT2D eigenvalue weighted by Gasteiger charge is -2.48. The van der Waals surface area contributed by atoms with E-state index in [0.29, 0.717) is 12.1 Å². The molecule has 1 aliphatic heterocycles. The SMILES string of the molecule is C=CC(=O)NCc1ccc(C(=O)N2CCC2(C)C)cc1. The van der Waals surface area contributed by atoms with Gasteiger partial charge in [0, 0.05) is 24.2 Å². The molecule has 0 unspecified atom stereocenters. The highest BCUT2D eigenvalue weighted by molar-refractivity contribution is 5.95. The van der Waals surface area contributed by atoms with E-state index in [0.717, 1.165) is 18.5 Å². The quantitative estimate of drug-likeness (QED) is 0.853. The Kier molecular flexibility index (Phi) is 3.93. The number of amides is 2. The van der Waals surface area contributed by atoms with E-state index in [-0.39, 0.29) is 17.4 Å². The lowest BCUT2D eigenvalue weighted by atomic mass is 9.88. The molecule has 0 saturated carbocycles. The van der Waals surface area contributed by atoms with Crippen molar-refractivity contribution < 1.29 is 9.59 Å². The number of nitrogens with one attached hydrogen (secondary N) is 1. The molecule has 1 saturated heterocycles. The first-order valence-electron chi connectivity index (χ1n) is 6.75. The first kappa shape index (κ1) is 14.3. The molecule has 2 rings (SSSR count). The van der Waals surface area contributed by atoms with Gasteiger partial charge in [-0.3, -0.25) is 9.59 Å². The zero-order valence-electron chi connectivity index (χ0n) is 12.0. The van der Waals surface area contributed by atoms with Crippen molar-refractivity contribution in [1.29, 1.82) is 0 Å². The third-order valence-corrected chi connectivity index (χ3v) is 3.78. The van der Waals surface area contributed by atoms with Gasteiger partial charge >= 0.3 is 0 Å². The molecular weight excluding hydrogens is 252 g/mol. The molecule has 20 heavy (non-hydrogen) atoms. The molecule has 4 heteroatoms. The molecule has 0 aromatic heterocycles. The summed E-state index contributed by atoms with van der Waals surface area (Å²) in [5.74, 6) is -0.129. The average molecular weight is 272 g/mol. The van der Waals surface area contributed by atoms with Crippen molar-refractivity contribution in [3.63, 3.8) is 0 Å². The van der Waals surface area contributed by atoms with Crippen molar-refractivity contribution in [3.05, 3.63) is 48.0 Å². The average Bonchev–Trinajstić information content (AvgIpc) is 2.44. The normalized spacial score (nSPS) is 16.2. The van der Waals surface area contributed by atoms with Crippen LogP contribution in [0.25, 0.3) is 0 Å². The van der Waals surface area contributed by atoms with Crippen LogP contribution in [0.1, 0.15) is 36.2 Å². The van der Waals surface area contributed by atoms with E-state index < -0.39 is 0 Å². The monoisotopic (exact) mass is 272 g/mol. The Labute approximate surface area is 119 Å². The molecule has 0 radical (unpaired) electrons. The van der Waals surface area contributed by atoms with Gasteiger partial charge in [0.1, 0.15) is 0 Å². The summed E-state index contributed by atoms with van der Waals surface area (Å²) in [5.41, 5.74) is 1.62. The van der Waals surface area contributed by atoms with Crippen LogP contribution in [0.3, 0.4) is 0 Å². The van der Waals surface area contributed by atoms with Gasteiger partial charge in [0.05, 0.1) is 0 Å². The van der Waals surface area contributed by atoms with Crippen molar-refractivity contribution >= 4 is 11.8 Å². The Hall–Kier alpha value is -2.10. The van der Waals surface area contributed by atoms with Crippen LogP contribution in [-0.4, -0.2) is 28.8 Å². The van der Waals surface area contributed by atoms with E-state index in [1.54, 1.807) is 0 Å². The number of hydrogen-bond donors (Lipinski definition) is 1. The number of carbonyl (C=O) groups is 2. The maximum atomic E-state index is 12.3. The largest absolute Gasteiger partial charge is 0.348 e. The number of carbonyl (C=O) groups excluding carboxylic acids is 2. The van der Waals surface area contributed by atoms with Gasteiger partial charge in [-0.25, -0.2) is 0 Å². The molecule has 1 aliphatic rings. The Morgan fingerprint density at radius 1 is 1.35 bits per heavy atom. The highest BCUT2D eigenvalue weighted by Gasteiger charge is 2.39. The summed E-state index contributed by atoms with van der Waals surface area (Å²) in [7, 11) is 0. The van der Waals surface area contributed by atoms with Crippen molar-refractivity contribution in [2.24, 2.45) is 0 Å². The zero-order chi connectivity index (χ0) is 14.8. The summed E-state index contributed by atoms with van der Waals surface area (Å²) in [6, 6.07) is 7.35. The first-order valence-corrected chi connectivity index (χ1v) is 6.75. The molecule has 1 aromatic carbocycles. The third-order valence-electron chi connectivity index (χ3n) is 3.78. The number of nitrogens with zero attached hydrogens (tertiary/aromatic N) is 1. The zero-order valence-corrected chi connectivity index (χ0v) is 12.0. The minimum Gasteiger partial charge on any atom is -0.348 e.